The van der Waals surface area contributed by atoms with Crippen molar-refractivity contribution in [3.05, 3.63) is 60.2 Å². The lowest BCUT2D eigenvalue weighted by molar-refractivity contribution is 0.252. The Morgan fingerprint density at radius 2 is 1.83 bits per heavy atom. The van der Waals surface area contributed by atoms with Gasteiger partial charge < -0.3 is 20.1 Å². The van der Waals surface area contributed by atoms with Crippen LogP contribution >= 0.6 is 0 Å². The van der Waals surface area contributed by atoms with Gasteiger partial charge in [0.1, 0.15) is 5.75 Å². The van der Waals surface area contributed by atoms with Gasteiger partial charge in [-0.05, 0) is 30.0 Å². The summed E-state index contributed by atoms with van der Waals surface area (Å²) in [6.07, 6.45) is 0.792. The quantitative estimate of drug-likeness (QED) is 0.857. The second kappa shape index (κ2) is 7.69. The highest BCUT2D eigenvalue weighted by Crippen LogP contribution is 2.38. The Labute approximate surface area is 144 Å². The molecule has 4 nitrogen and oxygen atoms in total. The summed E-state index contributed by atoms with van der Waals surface area (Å²) >= 11 is 0. The number of hydrogen-bond acceptors (Lipinski definition) is 4. The number of rotatable bonds is 6. The van der Waals surface area contributed by atoms with Gasteiger partial charge in [-0.3, -0.25) is 0 Å². The molecule has 4 heteroatoms. The van der Waals surface area contributed by atoms with Crippen LogP contribution in [0.3, 0.4) is 0 Å². The van der Waals surface area contributed by atoms with E-state index < -0.39 is 0 Å². The minimum absolute atomic E-state index is 0.212. The van der Waals surface area contributed by atoms with Crippen LogP contribution in [0.25, 0.3) is 0 Å². The number of hydrogen-bond donors (Lipinski definition) is 2. The van der Waals surface area contributed by atoms with Gasteiger partial charge in [-0.2, -0.15) is 0 Å². The van der Waals surface area contributed by atoms with Crippen LogP contribution < -0.4 is 15.0 Å². The monoisotopic (exact) mass is 326 g/mol. The van der Waals surface area contributed by atoms with Crippen LogP contribution in [0.2, 0.25) is 0 Å². The van der Waals surface area contributed by atoms with Crippen LogP contribution in [-0.4, -0.2) is 38.5 Å². The van der Waals surface area contributed by atoms with Gasteiger partial charge in [-0.25, -0.2) is 0 Å². The summed E-state index contributed by atoms with van der Waals surface area (Å²) in [7, 11) is 3.83. The Hall–Kier alpha value is -2.04. The van der Waals surface area contributed by atoms with E-state index in [0.717, 1.165) is 24.4 Å². The van der Waals surface area contributed by atoms with E-state index >= 15 is 0 Å². The average Bonchev–Trinajstić information content (AvgIpc) is 3.06. The maximum atomic E-state index is 9.48. The zero-order valence-electron chi connectivity index (χ0n) is 14.4. The van der Waals surface area contributed by atoms with Crippen molar-refractivity contribution >= 4 is 5.69 Å². The second-order valence-corrected chi connectivity index (χ2v) is 6.34. The maximum Gasteiger partial charge on any atom is 0.142 e. The number of aliphatic hydroxyl groups is 1. The fourth-order valence-corrected chi connectivity index (χ4v) is 3.83. The smallest absolute Gasteiger partial charge is 0.142 e. The first kappa shape index (κ1) is 16.8. The zero-order chi connectivity index (χ0) is 16.9. The molecule has 0 saturated carbocycles. The lowest BCUT2D eigenvalue weighted by atomic mass is 9.90. The minimum atomic E-state index is 0.212. The molecule has 1 aliphatic heterocycles. The first-order valence-electron chi connectivity index (χ1n) is 8.51. The van der Waals surface area contributed by atoms with Gasteiger partial charge in [0.05, 0.1) is 24.9 Å². The summed E-state index contributed by atoms with van der Waals surface area (Å²) in [5, 5.41) is 13.1. The molecule has 1 saturated heterocycles. The van der Waals surface area contributed by atoms with Crippen LogP contribution in [-0.2, 0) is 0 Å². The molecule has 1 fully saturated rings. The van der Waals surface area contributed by atoms with Crippen molar-refractivity contribution in [3.8, 4) is 5.75 Å². The second-order valence-electron chi connectivity index (χ2n) is 6.34. The van der Waals surface area contributed by atoms with Crippen LogP contribution in [0.1, 0.15) is 18.0 Å². The zero-order valence-corrected chi connectivity index (χ0v) is 14.4. The predicted octanol–water partition coefficient (Wildman–Crippen LogP) is 2.84. The summed E-state index contributed by atoms with van der Waals surface area (Å²) in [4.78, 5) is 2.30. The molecule has 0 radical (unpaired) electrons. The molecule has 1 aliphatic rings. The maximum absolute atomic E-state index is 9.48. The number of ether oxygens (including phenoxy) is 1. The van der Waals surface area contributed by atoms with Crippen molar-refractivity contribution in [2.45, 2.75) is 18.5 Å². The number of methoxy groups -OCH3 is 1. The van der Waals surface area contributed by atoms with Crippen LogP contribution in [0, 0.1) is 5.92 Å². The van der Waals surface area contributed by atoms with Crippen molar-refractivity contribution in [2.24, 2.45) is 5.92 Å². The van der Waals surface area contributed by atoms with E-state index in [0.29, 0.717) is 5.92 Å². The van der Waals surface area contributed by atoms with Gasteiger partial charge in [0.15, 0.2) is 0 Å². The molecular weight excluding hydrogens is 300 g/mol. The van der Waals surface area contributed by atoms with E-state index in [2.05, 4.69) is 47.6 Å². The average molecular weight is 326 g/mol. The predicted molar refractivity (Wildman–Crippen MR) is 97.6 cm³/mol. The highest BCUT2D eigenvalue weighted by Gasteiger charge is 2.39. The van der Waals surface area contributed by atoms with Crippen molar-refractivity contribution in [3.63, 3.8) is 0 Å². The lowest BCUT2D eigenvalue weighted by Crippen LogP contribution is -2.40. The molecule has 2 N–H and O–H groups in total. The molecule has 24 heavy (non-hydrogen) atoms. The molecule has 0 amide bonds. The number of para-hydroxylation sites is 2. The molecule has 3 rings (SSSR count). The van der Waals surface area contributed by atoms with E-state index in [1.807, 2.05) is 24.3 Å². The fraction of sp³-hybridized carbons (Fsp3) is 0.400. The van der Waals surface area contributed by atoms with Crippen molar-refractivity contribution in [1.29, 1.82) is 0 Å². The highest BCUT2D eigenvalue weighted by molar-refractivity contribution is 5.59. The van der Waals surface area contributed by atoms with Crippen LogP contribution in [0.15, 0.2) is 54.6 Å². The number of likely N-dealkylation sites (N-methyl/N-ethyl adjacent to an activating group) is 1. The minimum Gasteiger partial charge on any atom is -0.495 e. The van der Waals surface area contributed by atoms with E-state index in [-0.39, 0.29) is 18.7 Å². The molecule has 3 unspecified atom stereocenters. The fourth-order valence-electron chi connectivity index (χ4n) is 3.83. The number of anilines is 1. The summed E-state index contributed by atoms with van der Waals surface area (Å²) in [6.45, 7) is 1.12. The van der Waals surface area contributed by atoms with Gasteiger partial charge in [0, 0.05) is 20.2 Å². The van der Waals surface area contributed by atoms with E-state index in [4.69, 9.17) is 4.74 Å². The molecule has 2 aromatic rings. The number of nitrogens with one attached hydrogen (secondary N) is 1. The van der Waals surface area contributed by atoms with Crippen molar-refractivity contribution < 1.29 is 9.84 Å². The van der Waals surface area contributed by atoms with Crippen LogP contribution in [0.4, 0.5) is 5.69 Å². The Morgan fingerprint density at radius 3 is 2.54 bits per heavy atom. The largest absolute Gasteiger partial charge is 0.495 e. The van der Waals surface area contributed by atoms with Crippen molar-refractivity contribution in [2.75, 3.05) is 32.2 Å². The topological polar surface area (TPSA) is 44.7 Å². The summed E-state index contributed by atoms with van der Waals surface area (Å²) in [5.74, 6) is 1.26. The normalized spacial score (nSPS) is 23.2. The molecule has 128 valence electrons. The summed E-state index contributed by atoms with van der Waals surface area (Å²) in [5.41, 5.74) is 2.36. The number of aliphatic hydroxyl groups excluding tert-OH is 1. The first-order valence-corrected chi connectivity index (χ1v) is 8.51. The Balaban J connectivity index is 1.95. The Morgan fingerprint density at radius 1 is 1.12 bits per heavy atom. The Bertz CT molecular complexity index is 647. The van der Waals surface area contributed by atoms with Gasteiger partial charge >= 0.3 is 0 Å². The molecule has 0 aliphatic carbocycles. The summed E-state index contributed by atoms with van der Waals surface area (Å²) < 4.78 is 5.55. The highest BCUT2D eigenvalue weighted by atomic mass is 16.5. The molecular formula is C20H26N2O2. The first-order chi connectivity index (χ1) is 11.8. The Kier molecular flexibility index (Phi) is 5.38. The third-order valence-electron chi connectivity index (χ3n) is 5.00. The van der Waals surface area contributed by atoms with E-state index in [1.165, 1.54) is 5.56 Å². The number of benzene rings is 2. The third kappa shape index (κ3) is 3.25. The third-order valence-corrected chi connectivity index (χ3v) is 5.00. The number of nitrogens with zero attached hydrogens (tertiary/aromatic N) is 1. The lowest BCUT2D eigenvalue weighted by Gasteiger charge is -2.35. The SMILES string of the molecule is COc1ccccc1N(C)C1C(CCO)CNC1c1ccccc1. The molecule has 0 aromatic heterocycles. The van der Waals surface area contributed by atoms with Gasteiger partial charge in [0.2, 0.25) is 0 Å². The molecule has 0 bridgehead atoms. The molecule has 0 spiro atoms. The molecule has 2 aromatic carbocycles. The standard InChI is InChI=1S/C20H26N2O2/c1-22(17-10-6-7-11-18(17)24-2)20-16(12-13-23)14-21-19(20)15-8-4-3-5-9-15/h3-11,16,19-21,23H,12-14H2,1-2H3. The van der Waals surface area contributed by atoms with Crippen molar-refractivity contribution in [1.82, 2.24) is 5.32 Å². The van der Waals surface area contributed by atoms with Gasteiger partial charge in [-0.15, -0.1) is 0 Å². The van der Waals surface area contributed by atoms with Gasteiger partial charge in [-0.1, -0.05) is 42.5 Å². The molecule has 1 heterocycles. The van der Waals surface area contributed by atoms with Gasteiger partial charge in [0.25, 0.3) is 0 Å². The van der Waals surface area contributed by atoms with E-state index in [9.17, 15) is 5.11 Å². The van der Waals surface area contributed by atoms with E-state index in [1.54, 1.807) is 7.11 Å². The molecule has 3 atom stereocenters. The summed E-state index contributed by atoms with van der Waals surface area (Å²) in [6, 6.07) is 19.1. The van der Waals surface area contributed by atoms with Crippen LogP contribution in [0.5, 0.6) is 5.75 Å².